The number of hydrogen-bond acceptors (Lipinski definition) is 2. The van der Waals surface area contributed by atoms with Gasteiger partial charge >= 0.3 is 0 Å². The number of rotatable bonds is 1. The maximum Gasteiger partial charge on any atom is 0.123 e. The lowest BCUT2D eigenvalue weighted by Gasteiger charge is -2.04. The first-order valence-electron chi connectivity index (χ1n) is 4.84. The summed E-state index contributed by atoms with van der Waals surface area (Å²) in [5, 5.41) is 8.96. The van der Waals surface area contributed by atoms with E-state index in [1.165, 1.54) is 12.1 Å². The number of halogens is 1. The van der Waals surface area contributed by atoms with E-state index in [0.29, 0.717) is 11.3 Å². The minimum Gasteiger partial charge on any atom is -0.252 e. The Labute approximate surface area is 93.0 Å². The molecule has 0 amide bonds. The highest BCUT2D eigenvalue weighted by Crippen LogP contribution is 2.21. The molecule has 0 aliphatic carbocycles. The first-order chi connectivity index (χ1) is 7.70. The zero-order chi connectivity index (χ0) is 11.5. The first kappa shape index (κ1) is 10.3. The molecule has 0 saturated heterocycles. The molecule has 0 N–H and O–H groups in total. The van der Waals surface area contributed by atoms with Gasteiger partial charge in [0, 0.05) is 11.3 Å². The largest absolute Gasteiger partial charge is 0.252 e. The van der Waals surface area contributed by atoms with E-state index in [-0.39, 0.29) is 5.82 Å². The second kappa shape index (κ2) is 4.11. The number of aromatic nitrogens is 1. The summed E-state index contributed by atoms with van der Waals surface area (Å²) in [6.07, 6.45) is 0. The van der Waals surface area contributed by atoms with Crippen LogP contribution in [-0.4, -0.2) is 4.98 Å². The maximum atomic E-state index is 12.8. The third-order valence-electron chi connectivity index (χ3n) is 2.27. The highest BCUT2D eigenvalue weighted by molar-refractivity contribution is 5.66. The molecular formula is C13H9FN2. The van der Waals surface area contributed by atoms with Crippen LogP contribution in [0.25, 0.3) is 11.3 Å². The molecule has 2 nitrogen and oxygen atoms in total. The van der Waals surface area contributed by atoms with Crippen LogP contribution in [0.1, 0.15) is 11.3 Å². The standard InChI is InChI=1S/C13H9FN2/c1-9-2-3-11(8-15)13(16-9)10-4-6-12(14)7-5-10/h2-7H,1H3. The van der Waals surface area contributed by atoms with Crippen LogP contribution >= 0.6 is 0 Å². The lowest BCUT2D eigenvalue weighted by atomic mass is 10.1. The van der Waals surface area contributed by atoms with E-state index in [9.17, 15) is 4.39 Å². The number of hydrogen-bond donors (Lipinski definition) is 0. The molecule has 0 atom stereocenters. The Morgan fingerprint density at radius 2 is 1.81 bits per heavy atom. The molecule has 2 rings (SSSR count). The van der Waals surface area contributed by atoms with Gasteiger partial charge in [-0.1, -0.05) is 0 Å². The van der Waals surface area contributed by atoms with Crippen LogP contribution in [0.3, 0.4) is 0 Å². The van der Waals surface area contributed by atoms with Crippen molar-refractivity contribution in [1.82, 2.24) is 4.98 Å². The van der Waals surface area contributed by atoms with Crippen molar-refractivity contribution in [3.63, 3.8) is 0 Å². The van der Waals surface area contributed by atoms with E-state index in [1.54, 1.807) is 24.3 Å². The molecule has 1 heterocycles. The van der Waals surface area contributed by atoms with Crippen LogP contribution < -0.4 is 0 Å². The van der Waals surface area contributed by atoms with Gasteiger partial charge in [0.05, 0.1) is 11.3 Å². The Kier molecular flexibility index (Phi) is 2.65. The third kappa shape index (κ3) is 1.91. The monoisotopic (exact) mass is 212 g/mol. The van der Waals surface area contributed by atoms with Gasteiger partial charge < -0.3 is 0 Å². The smallest absolute Gasteiger partial charge is 0.123 e. The summed E-state index contributed by atoms with van der Waals surface area (Å²) >= 11 is 0. The molecule has 0 radical (unpaired) electrons. The average molecular weight is 212 g/mol. The van der Waals surface area contributed by atoms with Gasteiger partial charge in [-0.25, -0.2) is 4.39 Å². The van der Waals surface area contributed by atoms with Crippen molar-refractivity contribution < 1.29 is 4.39 Å². The van der Waals surface area contributed by atoms with Gasteiger partial charge in [0.25, 0.3) is 0 Å². The first-order valence-corrected chi connectivity index (χ1v) is 4.84. The SMILES string of the molecule is Cc1ccc(C#N)c(-c2ccc(F)cc2)n1. The normalized spacial score (nSPS) is 9.81. The Balaban J connectivity index is 2.59. The lowest BCUT2D eigenvalue weighted by Crippen LogP contribution is -1.91. The predicted octanol–water partition coefficient (Wildman–Crippen LogP) is 3.07. The number of pyridine rings is 1. The van der Waals surface area contributed by atoms with Gasteiger partial charge in [-0.05, 0) is 43.3 Å². The molecule has 78 valence electrons. The second-order valence-corrected chi connectivity index (χ2v) is 3.47. The van der Waals surface area contributed by atoms with E-state index in [4.69, 9.17) is 5.26 Å². The number of aryl methyl sites for hydroxylation is 1. The number of nitriles is 1. The third-order valence-corrected chi connectivity index (χ3v) is 2.27. The summed E-state index contributed by atoms with van der Waals surface area (Å²) in [6.45, 7) is 1.86. The van der Waals surface area contributed by atoms with Gasteiger partial charge in [0.15, 0.2) is 0 Å². The van der Waals surface area contributed by atoms with Crippen molar-refractivity contribution >= 4 is 0 Å². The highest BCUT2D eigenvalue weighted by atomic mass is 19.1. The highest BCUT2D eigenvalue weighted by Gasteiger charge is 2.06. The molecule has 0 aliphatic rings. The molecular weight excluding hydrogens is 203 g/mol. The van der Waals surface area contributed by atoms with Crippen molar-refractivity contribution in [2.75, 3.05) is 0 Å². The molecule has 1 aromatic heterocycles. The Morgan fingerprint density at radius 3 is 2.44 bits per heavy atom. The van der Waals surface area contributed by atoms with E-state index < -0.39 is 0 Å². The number of nitrogens with zero attached hydrogens (tertiary/aromatic N) is 2. The predicted molar refractivity (Wildman–Crippen MR) is 59.1 cm³/mol. The van der Waals surface area contributed by atoms with E-state index in [0.717, 1.165) is 11.3 Å². The summed E-state index contributed by atoms with van der Waals surface area (Å²) in [4.78, 5) is 4.30. The van der Waals surface area contributed by atoms with Gasteiger partial charge in [0.1, 0.15) is 11.9 Å². The molecule has 16 heavy (non-hydrogen) atoms. The van der Waals surface area contributed by atoms with Crippen molar-refractivity contribution in [2.24, 2.45) is 0 Å². The van der Waals surface area contributed by atoms with Crippen molar-refractivity contribution in [2.45, 2.75) is 6.92 Å². The number of benzene rings is 1. The minimum absolute atomic E-state index is 0.296. The van der Waals surface area contributed by atoms with Crippen molar-refractivity contribution in [3.8, 4) is 17.3 Å². The fourth-order valence-corrected chi connectivity index (χ4v) is 1.47. The molecule has 3 heteroatoms. The fraction of sp³-hybridized carbons (Fsp3) is 0.0769. The van der Waals surface area contributed by atoms with E-state index in [2.05, 4.69) is 11.1 Å². The average Bonchev–Trinajstić information content (AvgIpc) is 2.30. The van der Waals surface area contributed by atoms with Crippen LogP contribution in [0.4, 0.5) is 4.39 Å². The fourth-order valence-electron chi connectivity index (χ4n) is 1.47. The molecule has 2 aromatic rings. The molecule has 0 spiro atoms. The molecule has 1 aromatic carbocycles. The van der Waals surface area contributed by atoms with Gasteiger partial charge in [-0.3, -0.25) is 4.98 Å². The zero-order valence-electron chi connectivity index (χ0n) is 8.74. The Hall–Kier alpha value is -2.21. The van der Waals surface area contributed by atoms with Crippen LogP contribution in [0.2, 0.25) is 0 Å². The quantitative estimate of drug-likeness (QED) is 0.728. The topological polar surface area (TPSA) is 36.7 Å². The molecule has 0 fully saturated rings. The Bertz CT molecular complexity index is 553. The van der Waals surface area contributed by atoms with E-state index >= 15 is 0 Å². The van der Waals surface area contributed by atoms with Crippen molar-refractivity contribution in [1.29, 1.82) is 5.26 Å². The summed E-state index contributed by atoms with van der Waals surface area (Å²) in [5.41, 5.74) is 2.68. The molecule has 0 unspecified atom stereocenters. The summed E-state index contributed by atoms with van der Waals surface area (Å²) in [5.74, 6) is -0.296. The van der Waals surface area contributed by atoms with Gasteiger partial charge in [0.2, 0.25) is 0 Å². The Morgan fingerprint density at radius 1 is 1.12 bits per heavy atom. The van der Waals surface area contributed by atoms with Crippen molar-refractivity contribution in [3.05, 3.63) is 53.5 Å². The molecule has 0 aliphatic heterocycles. The molecule has 0 saturated carbocycles. The van der Waals surface area contributed by atoms with E-state index in [1.807, 2.05) is 6.92 Å². The van der Waals surface area contributed by atoms with Crippen LogP contribution in [0.15, 0.2) is 36.4 Å². The van der Waals surface area contributed by atoms with Crippen LogP contribution in [0.5, 0.6) is 0 Å². The lowest BCUT2D eigenvalue weighted by molar-refractivity contribution is 0.628. The van der Waals surface area contributed by atoms with Crippen LogP contribution in [-0.2, 0) is 0 Å². The summed E-state index contributed by atoms with van der Waals surface area (Å²) in [7, 11) is 0. The van der Waals surface area contributed by atoms with Crippen LogP contribution in [0, 0.1) is 24.1 Å². The summed E-state index contributed by atoms with van der Waals surface area (Å²) in [6, 6.07) is 11.6. The minimum atomic E-state index is -0.296. The maximum absolute atomic E-state index is 12.8. The van der Waals surface area contributed by atoms with Gasteiger partial charge in [-0.15, -0.1) is 0 Å². The van der Waals surface area contributed by atoms with Gasteiger partial charge in [-0.2, -0.15) is 5.26 Å². The molecule has 0 bridgehead atoms. The summed E-state index contributed by atoms with van der Waals surface area (Å²) < 4.78 is 12.8. The second-order valence-electron chi connectivity index (χ2n) is 3.47. The zero-order valence-corrected chi connectivity index (χ0v) is 8.74.